The number of urea groups is 1. The normalized spacial score (nSPS) is 21.1. The Kier molecular flexibility index (Phi) is 4.57. The maximum absolute atomic E-state index is 12.3. The van der Waals surface area contributed by atoms with Gasteiger partial charge in [0.25, 0.3) is 0 Å². The fourth-order valence-electron chi connectivity index (χ4n) is 3.18. The number of likely N-dealkylation sites (N-methyl/N-ethyl adjacent to an activating group) is 1. The molecule has 0 bridgehead atoms. The third-order valence-electron chi connectivity index (χ3n) is 4.37. The minimum Gasteiger partial charge on any atom is -0.333 e. The first-order chi connectivity index (χ1) is 11.1. The molecule has 1 saturated heterocycles. The van der Waals surface area contributed by atoms with Crippen LogP contribution in [0.15, 0.2) is 48.8 Å². The molecule has 1 aromatic heterocycles. The summed E-state index contributed by atoms with van der Waals surface area (Å²) in [6, 6.07) is 12.3. The first-order valence-electron chi connectivity index (χ1n) is 7.88. The molecule has 1 fully saturated rings. The average Bonchev–Trinajstić information content (AvgIpc) is 2.91. The van der Waals surface area contributed by atoms with E-state index < -0.39 is 0 Å². The highest BCUT2D eigenvalue weighted by atomic mass is 16.2. The van der Waals surface area contributed by atoms with Crippen molar-refractivity contribution in [3.8, 4) is 0 Å². The van der Waals surface area contributed by atoms with Crippen molar-refractivity contribution >= 4 is 11.7 Å². The van der Waals surface area contributed by atoms with Gasteiger partial charge in [-0.15, -0.1) is 0 Å². The highest BCUT2D eigenvalue weighted by Gasteiger charge is 2.33. The second-order valence-electron chi connectivity index (χ2n) is 6.02. The van der Waals surface area contributed by atoms with Crippen LogP contribution in [-0.2, 0) is 0 Å². The van der Waals surface area contributed by atoms with Gasteiger partial charge < -0.3 is 10.6 Å². The molecule has 5 nitrogen and oxygen atoms in total. The van der Waals surface area contributed by atoms with Crippen molar-refractivity contribution in [2.75, 3.05) is 18.9 Å². The van der Waals surface area contributed by atoms with Crippen molar-refractivity contribution in [1.82, 2.24) is 15.2 Å². The summed E-state index contributed by atoms with van der Waals surface area (Å²) in [5.41, 5.74) is 2.98. The fraction of sp³-hybridized carbons (Fsp3) is 0.333. The van der Waals surface area contributed by atoms with Crippen LogP contribution < -0.4 is 10.6 Å². The molecule has 2 unspecified atom stereocenters. The van der Waals surface area contributed by atoms with E-state index in [0.29, 0.717) is 0 Å². The van der Waals surface area contributed by atoms with Crippen LogP contribution in [0.3, 0.4) is 0 Å². The molecular weight excluding hydrogens is 288 g/mol. The molecule has 2 amide bonds. The van der Waals surface area contributed by atoms with Crippen molar-refractivity contribution in [3.05, 3.63) is 59.9 Å². The van der Waals surface area contributed by atoms with E-state index >= 15 is 0 Å². The number of rotatable bonds is 3. The summed E-state index contributed by atoms with van der Waals surface area (Å²) in [5.74, 6) is 0. The zero-order chi connectivity index (χ0) is 16.2. The molecule has 1 aliphatic rings. The molecule has 2 N–H and O–H groups in total. The van der Waals surface area contributed by atoms with E-state index in [1.165, 1.54) is 5.56 Å². The minimum absolute atomic E-state index is 0.101. The number of benzene rings is 1. The van der Waals surface area contributed by atoms with Gasteiger partial charge in [0.1, 0.15) is 0 Å². The first kappa shape index (κ1) is 15.5. The lowest BCUT2D eigenvalue weighted by molar-refractivity contribution is 0.240. The lowest BCUT2D eigenvalue weighted by atomic mass is 10.0. The predicted octanol–water partition coefficient (Wildman–Crippen LogP) is 2.96. The van der Waals surface area contributed by atoms with Gasteiger partial charge in [-0.2, -0.15) is 0 Å². The van der Waals surface area contributed by atoms with E-state index in [9.17, 15) is 4.79 Å². The van der Waals surface area contributed by atoms with Crippen LogP contribution >= 0.6 is 0 Å². The zero-order valence-corrected chi connectivity index (χ0v) is 13.5. The number of nitrogens with zero attached hydrogens (tertiary/aromatic N) is 2. The van der Waals surface area contributed by atoms with Crippen molar-refractivity contribution in [2.45, 2.75) is 25.4 Å². The molecule has 120 valence electrons. The Hall–Kier alpha value is -2.40. The Morgan fingerprint density at radius 1 is 1.26 bits per heavy atom. The molecule has 2 heterocycles. The topological polar surface area (TPSA) is 57.3 Å². The summed E-state index contributed by atoms with van der Waals surface area (Å²) in [7, 11) is 2.10. The fourth-order valence-corrected chi connectivity index (χ4v) is 3.18. The number of carbonyl (C=O) groups is 1. The van der Waals surface area contributed by atoms with Crippen LogP contribution in [0.25, 0.3) is 0 Å². The summed E-state index contributed by atoms with van der Waals surface area (Å²) < 4.78 is 0. The van der Waals surface area contributed by atoms with Gasteiger partial charge in [-0.3, -0.25) is 9.88 Å². The maximum Gasteiger partial charge on any atom is 0.319 e. The van der Waals surface area contributed by atoms with E-state index in [1.54, 1.807) is 12.4 Å². The van der Waals surface area contributed by atoms with Gasteiger partial charge in [-0.25, -0.2) is 4.79 Å². The monoisotopic (exact) mass is 310 g/mol. The van der Waals surface area contributed by atoms with Crippen molar-refractivity contribution < 1.29 is 4.79 Å². The molecule has 5 heteroatoms. The summed E-state index contributed by atoms with van der Waals surface area (Å²) in [5, 5.41) is 6.04. The average molecular weight is 310 g/mol. The minimum atomic E-state index is -0.166. The maximum atomic E-state index is 12.3. The molecule has 1 aromatic carbocycles. The molecule has 23 heavy (non-hydrogen) atoms. The van der Waals surface area contributed by atoms with Gasteiger partial charge in [0, 0.05) is 24.6 Å². The van der Waals surface area contributed by atoms with Gasteiger partial charge in [0.05, 0.1) is 12.1 Å². The van der Waals surface area contributed by atoms with Gasteiger partial charge >= 0.3 is 6.03 Å². The lowest BCUT2D eigenvalue weighted by Crippen LogP contribution is -2.41. The highest BCUT2D eigenvalue weighted by Crippen LogP contribution is 2.30. The predicted molar refractivity (Wildman–Crippen MR) is 91.3 cm³/mol. The lowest BCUT2D eigenvalue weighted by Gasteiger charge is -2.26. The van der Waals surface area contributed by atoms with Crippen LogP contribution in [0, 0.1) is 6.92 Å². The van der Waals surface area contributed by atoms with Gasteiger partial charge in [0.2, 0.25) is 0 Å². The van der Waals surface area contributed by atoms with E-state index in [2.05, 4.69) is 39.7 Å². The smallest absolute Gasteiger partial charge is 0.319 e. The van der Waals surface area contributed by atoms with E-state index in [-0.39, 0.29) is 18.1 Å². The second kappa shape index (κ2) is 6.79. The van der Waals surface area contributed by atoms with Crippen LogP contribution in [-0.4, -0.2) is 35.5 Å². The van der Waals surface area contributed by atoms with E-state index in [1.807, 2.05) is 31.2 Å². The number of likely N-dealkylation sites (tertiary alicyclic amines) is 1. The standard InChI is InChI=1S/C18H22N4O/c1-13-12-19-10-8-15(13)20-18(23)21-16-9-11-22(2)17(16)14-6-4-3-5-7-14/h3-8,10,12,16-17H,9,11H2,1-2H3,(H2,19,20,21,23). The van der Waals surface area contributed by atoms with Gasteiger partial charge in [-0.1, -0.05) is 30.3 Å². The summed E-state index contributed by atoms with van der Waals surface area (Å²) in [6.07, 6.45) is 4.36. The molecular formula is C18H22N4O. The number of nitrogens with one attached hydrogen (secondary N) is 2. The Labute approximate surface area is 136 Å². The Morgan fingerprint density at radius 3 is 2.78 bits per heavy atom. The Balaban J connectivity index is 1.69. The number of carbonyl (C=O) groups excluding carboxylic acids is 1. The van der Waals surface area contributed by atoms with E-state index in [0.717, 1.165) is 24.2 Å². The van der Waals surface area contributed by atoms with Crippen LogP contribution in [0.1, 0.15) is 23.6 Å². The third-order valence-corrected chi connectivity index (χ3v) is 4.37. The zero-order valence-electron chi connectivity index (χ0n) is 13.5. The number of amides is 2. The number of hydrogen-bond acceptors (Lipinski definition) is 3. The van der Waals surface area contributed by atoms with Gasteiger partial charge in [-0.05, 0) is 37.6 Å². The molecule has 0 saturated carbocycles. The van der Waals surface area contributed by atoms with Crippen molar-refractivity contribution in [1.29, 1.82) is 0 Å². The number of hydrogen-bond donors (Lipinski definition) is 2. The second-order valence-corrected chi connectivity index (χ2v) is 6.02. The molecule has 0 aliphatic carbocycles. The van der Waals surface area contributed by atoms with Crippen LogP contribution in [0.5, 0.6) is 0 Å². The first-order valence-corrected chi connectivity index (χ1v) is 7.88. The summed E-state index contributed by atoms with van der Waals surface area (Å²) in [6.45, 7) is 2.90. The molecule has 0 spiro atoms. The van der Waals surface area contributed by atoms with Crippen LogP contribution in [0.4, 0.5) is 10.5 Å². The number of aryl methyl sites for hydroxylation is 1. The van der Waals surface area contributed by atoms with Crippen molar-refractivity contribution in [3.63, 3.8) is 0 Å². The third kappa shape index (κ3) is 3.51. The van der Waals surface area contributed by atoms with Gasteiger partial charge in [0.15, 0.2) is 0 Å². The molecule has 0 radical (unpaired) electrons. The van der Waals surface area contributed by atoms with Crippen molar-refractivity contribution in [2.24, 2.45) is 0 Å². The van der Waals surface area contributed by atoms with E-state index in [4.69, 9.17) is 0 Å². The molecule has 2 atom stereocenters. The molecule has 1 aliphatic heterocycles. The quantitative estimate of drug-likeness (QED) is 0.916. The molecule has 3 rings (SSSR count). The summed E-state index contributed by atoms with van der Waals surface area (Å²) in [4.78, 5) is 18.7. The number of anilines is 1. The largest absolute Gasteiger partial charge is 0.333 e. The number of aromatic nitrogens is 1. The summed E-state index contributed by atoms with van der Waals surface area (Å²) >= 11 is 0. The number of pyridine rings is 1. The highest BCUT2D eigenvalue weighted by molar-refractivity contribution is 5.90. The van der Waals surface area contributed by atoms with Crippen LogP contribution in [0.2, 0.25) is 0 Å². The SMILES string of the molecule is Cc1cnccc1NC(=O)NC1CCN(C)C1c1ccccc1. The Morgan fingerprint density at radius 2 is 2.04 bits per heavy atom. The Bertz CT molecular complexity index is 674. The molecule has 2 aromatic rings.